The lowest BCUT2D eigenvalue weighted by molar-refractivity contribution is -0.115. The zero-order chi connectivity index (χ0) is 16.9. The summed E-state index contributed by atoms with van der Waals surface area (Å²) in [5, 5.41) is 3.44. The number of amides is 1. The van der Waals surface area contributed by atoms with Crippen molar-refractivity contribution in [2.45, 2.75) is 13.3 Å². The number of nitrogens with one attached hydrogen (secondary N) is 1. The first-order valence-electron chi connectivity index (χ1n) is 7.71. The average molecular weight is 338 g/mol. The van der Waals surface area contributed by atoms with E-state index in [0.717, 1.165) is 29.0 Å². The predicted octanol–water partition coefficient (Wildman–Crippen LogP) is 4.15. The van der Waals surface area contributed by atoms with Gasteiger partial charge in [0.2, 0.25) is 0 Å². The molecule has 3 rings (SSSR count). The van der Waals surface area contributed by atoms with Crippen molar-refractivity contribution in [2.24, 2.45) is 4.99 Å². The summed E-state index contributed by atoms with van der Waals surface area (Å²) in [6, 6.07) is 15.5. The molecule has 1 amide bonds. The Morgan fingerprint density at radius 3 is 2.62 bits per heavy atom. The van der Waals surface area contributed by atoms with E-state index in [1.807, 2.05) is 48.5 Å². The smallest absolute Gasteiger partial charge is 0.264 e. The Balaban J connectivity index is 1.82. The second-order valence-corrected chi connectivity index (χ2v) is 6.27. The van der Waals surface area contributed by atoms with Crippen LogP contribution in [0.3, 0.4) is 0 Å². The molecule has 0 spiro atoms. The van der Waals surface area contributed by atoms with Crippen LogP contribution in [0.15, 0.2) is 58.4 Å². The van der Waals surface area contributed by atoms with Gasteiger partial charge in [-0.2, -0.15) is 0 Å². The third-order valence-electron chi connectivity index (χ3n) is 3.66. The van der Waals surface area contributed by atoms with E-state index in [9.17, 15) is 4.79 Å². The van der Waals surface area contributed by atoms with E-state index in [1.54, 1.807) is 7.11 Å². The monoisotopic (exact) mass is 338 g/mol. The minimum atomic E-state index is -0.122. The lowest BCUT2D eigenvalue weighted by Gasteiger charge is -2.02. The molecule has 0 unspecified atom stereocenters. The molecular formula is C19H18N2O2S. The number of aryl methyl sites for hydroxylation is 1. The Kier molecular flexibility index (Phi) is 5.01. The van der Waals surface area contributed by atoms with Gasteiger partial charge < -0.3 is 10.1 Å². The van der Waals surface area contributed by atoms with Gasteiger partial charge in [0.15, 0.2) is 5.17 Å². The number of ether oxygens (including phenoxy) is 1. The van der Waals surface area contributed by atoms with Crippen LogP contribution in [0.1, 0.15) is 18.1 Å². The van der Waals surface area contributed by atoms with E-state index >= 15 is 0 Å². The molecule has 0 atom stereocenters. The summed E-state index contributed by atoms with van der Waals surface area (Å²) in [7, 11) is 1.63. The second-order valence-electron chi connectivity index (χ2n) is 5.24. The summed E-state index contributed by atoms with van der Waals surface area (Å²) in [6.45, 7) is 2.09. The van der Waals surface area contributed by atoms with Crippen LogP contribution in [-0.4, -0.2) is 18.2 Å². The van der Waals surface area contributed by atoms with Crippen molar-refractivity contribution in [1.82, 2.24) is 5.32 Å². The molecule has 0 radical (unpaired) electrons. The second kappa shape index (κ2) is 7.36. The number of methoxy groups -OCH3 is 1. The van der Waals surface area contributed by atoms with Gasteiger partial charge in [-0.1, -0.05) is 37.3 Å². The number of amidine groups is 1. The minimum absolute atomic E-state index is 0.122. The summed E-state index contributed by atoms with van der Waals surface area (Å²) in [6.07, 6.45) is 2.76. The fourth-order valence-corrected chi connectivity index (χ4v) is 3.20. The Morgan fingerprint density at radius 2 is 1.92 bits per heavy atom. The minimum Gasteiger partial charge on any atom is -0.497 e. The molecule has 4 nitrogen and oxygen atoms in total. The van der Waals surface area contributed by atoms with Crippen LogP contribution in [-0.2, 0) is 11.2 Å². The molecule has 5 heteroatoms. The van der Waals surface area contributed by atoms with Crippen LogP contribution in [0.2, 0.25) is 0 Å². The van der Waals surface area contributed by atoms with Gasteiger partial charge in [-0.3, -0.25) is 4.79 Å². The van der Waals surface area contributed by atoms with E-state index in [0.29, 0.717) is 10.1 Å². The van der Waals surface area contributed by atoms with Crippen LogP contribution in [0.25, 0.3) is 6.08 Å². The molecule has 2 aromatic carbocycles. The van der Waals surface area contributed by atoms with Gasteiger partial charge in [0.1, 0.15) is 5.75 Å². The van der Waals surface area contributed by atoms with E-state index in [4.69, 9.17) is 4.74 Å². The number of thioether (sulfide) groups is 1. The largest absolute Gasteiger partial charge is 0.497 e. The molecule has 122 valence electrons. The van der Waals surface area contributed by atoms with Crippen molar-refractivity contribution >= 4 is 34.6 Å². The number of rotatable bonds is 4. The summed E-state index contributed by atoms with van der Waals surface area (Å²) < 4.78 is 5.14. The van der Waals surface area contributed by atoms with Crippen molar-refractivity contribution < 1.29 is 9.53 Å². The molecule has 2 aromatic rings. The third-order valence-corrected chi connectivity index (χ3v) is 4.57. The van der Waals surface area contributed by atoms with Crippen LogP contribution in [0.5, 0.6) is 5.75 Å². The zero-order valence-corrected chi connectivity index (χ0v) is 14.4. The van der Waals surface area contributed by atoms with E-state index < -0.39 is 0 Å². The number of benzene rings is 2. The number of hydrogen-bond acceptors (Lipinski definition) is 4. The maximum absolute atomic E-state index is 12.2. The van der Waals surface area contributed by atoms with Gasteiger partial charge in [0.05, 0.1) is 17.7 Å². The molecule has 1 saturated heterocycles. The first kappa shape index (κ1) is 16.3. The number of nitrogens with zero attached hydrogens (tertiary/aromatic N) is 1. The third kappa shape index (κ3) is 3.68. The van der Waals surface area contributed by atoms with E-state index in [1.165, 1.54) is 11.8 Å². The summed E-state index contributed by atoms with van der Waals surface area (Å²) >= 11 is 1.36. The lowest BCUT2D eigenvalue weighted by atomic mass is 10.1. The Labute approximate surface area is 145 Å². The molecular weight excluding hydrogens is 320 g/mol. The summed E-state index contributed by atoms with van der Waals surface area (Å²) in [4.78, 5) is 17.4. The highest BCUT2D eigenvalue weighted by Gasteiger charge is 2.23. The van der Waals surface area contributed by atoms with Crippen molar-refractivity contribution in [2.75, 3.05) is 7.11 Å². The SMILES string of the molecule is CCc1ccccc1N=C1NC(=O)/C(=C\c2ccc(OC)cc2)S1. The number of para-hydroxylation sites is 1. The van der Waals surface area contributed by atoms with Gasteiger partial charge in [-0.15, -0.1) is 0 Å². The van der Waals surface area contributed by atoms with Crippen LogP contribution in [0.4, 0.5) is 5.69 Å². The molecule has 1 aliphatic heterocycles. The van der Waals surface area contributed by atoms with Crippen LogP contribution in [0, 0.1) is 0 Å². The van der Waals surface area contributed by atoms with Gasteiger partial charge in [-0.05, 0) is 53.6 Å². The molecule has 24 heavy (non-hydrogen) atoms. The average Bonchev–Trinajstić information content (AvgIpc) is 2.95. The predicted molar refractivity (Wildman–Crippen MR) is 99.6 cm³/mol. The van der Waals surface area contributed by atoms with Gasteiger partial charge in [0.25, 0.3) is 5.91 Å². The molecule has 1 aliphatic rings. The highest BCUT2D eigenvalue weighted by atomic mass is 32.2. The topological polar surface area (TPSA) is 50.7 Å². The fraction of sp³-hybridized carbons (Fsp3) is 0.158. The van der Waals surface area contributed by atoms with E-state index in [2.05, 4.69) is 23.3 Å². The quantitative estimate of drug-likeness (QED) is 0.852. The molecule has 1 fully saturated rings. The number of hydrogen-bond donors (Lipinski definition) is 1. The van der Waals surface area contributed by atoms with Crippen molar-refractivity contribution in [3.8, 4) is 5.75 Å². The van der Waals surface area contributed by atoms with Gasteiger partial charge >= 0.3 is 0 Å². The normalized spacial score (nSPS) is 17.3. The van der Waals surface area contributed by atoms with Crippen molar-refractivity contribution in [3.05, 3.63) is 64.6 Å². The van der Waals surface area contributed by atoms with E-state index in [-0.39, 0.29) is 5.91 Å². The summed E-state index contributed by atoms with van der Waals surface area (Å²) in [5.74, 6) is 0.669. The molecule has 1 heterocycles. The molecule has 0 aromatic heterocycles. The molecule has 1 N–H and O–H groups in total. The lowest BCUT2D eigenvalue weighted by Crippen LogP contribution is -2.19. The molecule has 0 bridgehead atoms. The van der Waals surface area contributed by atoms with Gasteiger partial charge in [0, 0.05) is 0 Å². The highest BCUT2D eigenvalue weighted by molar-refractivity contribution is 8.18. The Bertz CT molecular complexity index is 810. The van der Waals surface area contributed by atoms with Crippen LogP contribution >= 0.6 is 11.8 Å². The van der Waals surface area contributed by atoms with Crippen molar-refractivity contribution in [1.29, 1.82) is 0 Å². The van der Waals surface area contributed by atoms with Gasteiger partial charge in [-0.25, -0.2) is 4.99 Å². The Morgan fingerprint density at radius 1 is 1.17 bits per heavy atom. The standard InChI is InChI=1S/C19H18N2O2S/c1-3-14-6-4-5-7-16(14)20-19-21-18(22)17(24-19)12-13-8-10-15(23-2)11-9-13/h4-12H,3H2,1-2H3,(H,20,21,22)/b17-12+. The fourth-order valence-electron chi connectivity index (χ4n) is 2.36. The highest BCUT2D eigenvalue weighted by Crippen LogP contribution is 2.29. The van der Waals surface area contributed by atoms with Crippen LogP contribution < -0.4 is 10.1 Å². The maximum atomic E-state index is 12.2. The van der Waals surface area contributed by atoms with Crippen molar-refractivity contribution in [3.63, 3.8) is 0 Å². The Hall–Kier alpha value is -2.53. The maximum Gasteiger partial charge on any atom is 0.264 e. The number of carbonyl (C=O) groups excluding carboxylic acids is 1. The first-order chi connectivity index (χ1) is 11.7. The molecule has 0 aliphatic carbocycles. The summed E-state index contributed by atoms with van der Waals surface area (Å²) in [5.41, 5.74) is 3.00. The molecule has 0 saturated carbocycles. The number of aliphatic imine (C=N–C) groups is 1. The first-order valence-corrected chi connectivity index (χ1v) is 8.53. The zero-order valence-electron chi connectivity index (χ0n) is 13.6. The number of carbonyl (C=O) groups is 1.